The minimum atomic E-state index is -0.135. The van der Waals surface area contributed by atoms with E-state index in [0.717, 1.165) is 37.5 Å². The molecule has 3 aliphatic rings. The quantitative estimate of drug-likeness (QED) is 0.268. The van der Waals surface area contributed by atoms with Gasteiger partial charge in [-0.25, -0.2) is 0 Å². The van der Waals surface area contributed by atoms with Crippen LogP contribution in [0, 0.1) is 57.2 Å². The van der Waals surface area contributed by atoms with E-state index in [4.69, 9.17) is 0 Å². The summed E-state index contributed by atoms with van der Waals surface area (Å²) >= 11 is 0. The maximum absolute atomic E-state index is 10.3. The lowest BCUT2D eigenvalue weighted by Gasteiger charge is -2.49. The number of hydrogen-bond donors (Lipinski definition) is 0. The third kappa shape index (κ3) is 7.02. The van der Waals surface area contributed by atoms with Crippen LogP contribution in [0.15, 0.2) is 0 Å². The van der Waals surface area contributed by atoms with Crippen molar-refractivity contribution < 1.29 is 0 Å². The second-order valence-electron chi connectivity index (χ2n) is 12.7. The van der Waals surface area contributed by atoms with Crippen molar-refractivity contribution in [2.75, 3.05) is 0 Å². The molecule has 2 nitrogen and oxygen atoms in total. The van der Waals surface area contributed by atoms with E-state index in [-0.39, 0.29) is 10.8 Å². The Morgan fingerprint density at radius 2 is 0.882 bits per heavy atom. The van der Waals surface area contributed by atoms with Crippen LogP contribution in [0.1, 0.15) is 155 Å². The molecular formula is C32H54N2. The van der Waals surface area contributed by atoms with E-state index in [1.54, 1.807) is 0 Å². The lowest BCUT2D eigenvalue weighted by molar-refractivity contribution is 0.0271. The number of hydrogen-bond acceptors (Lipinski definition) is 2. The van der Waals surface area contributed by atoms with Gasteiger partial charge < -0.3 is 0 Å². The van der Waals surface area contributed by atoms with Crippen molar-refractivity contribution in [1.29, 1.82) is 10.5 Å². The summed E-state index contributed by atoms with van der Waals surface area (Å²) in [5, 5.41) is 20.7. The van der Waals surface area contributed by atoms with E-state index in [0.29, 0.717) is 11.8 Å². The van der Waals surface area contributed by atoms with Gasteiger partial charge in [-0.15, -0.1) is 0 Å². The molecule has 3 aliphatic carbocycles. The molecule has 0 atom stereocenters. The Balaban J connectivity index is 1.46. The summed E-state index contributed by atoms with van der Waals surface area (Å²) in [7, 11) is 0. The summed E-state index contributed by atoms with van der Waals surface area (Å²) in [6, 6.07) is 5.72. The Labute approximate surface area is 212 Å². The van der Waals surface area contributed by atoms with E-state index in [2.05, 4.69) is 26.0 Å². The standard InChI is InChI=1S/C32H54N2/c1-3-5-7-9-11-27-13-17-29(18-14-27)31(25-33)21-23-32(26-34,24-22-31)30-19-15-28(16-20-30)12-10-8-6-4-2/h27-30H,3-24H2,1-2H3/t27?,28?,29?,30?,31-,32-. The Hall–Kier alpha value is -1.02. The highest BCUT2D eigenvalue weighted by atomic mass is 14.6. The third-order valence-electron chi connectivity index (χ3n) is 10.7. The Morgan fingerprint density at radius 1 is 0.529 bits per heavy atom. The first kappa shape index (κ1) is 27.6. The normalized spacial score (nSPS) is 36.5. The second kappa shape index (κ2) is 13.9. The molecule has 192 valence electrons. The number of nitriles is 2. The zero-order valence-corrected chi connectivity index (χ0v) is 22.8. The van der Waals surface area contributed by atoms with Crippen molar-refractivity contribution in [3.05, 3.63) is 0 Å². The largest absolute Gasteiger partial charge is 0.198 e. The van der Waals surface area contributed by atoms with Gasteiger partial charge >= 0.3 is 0 Å². The number of unbranched alkanes of at least 4 members (excludes halogenated alkanes) is 6. The van der Waals surface area contributed by atoms with Gasteiger partial charge in [0.25, 0.3) is 0 Å². The first-order chi connectivity index (χ1) is 16.6. The van der Waals surface area contributed by atoms with E-state index >= 15 is 0 Å². The maximum atomic E-state index is 10.3. The van der Waals surface area contributed by atoms with Crippen molar-refractivity contribution >= 4 is 0 Å². The van der Waals surface area contributed by atoms with E-state index in [1.807, 2.05) is 0 Å². The molecule has 3 saturated carbocycles. The summed E-state index contributed by atoms with van der Waals surface area (Å²) in [6.45, 7) is 4.58. The average molecular weight is 467 g/mol. The van der Waals surface area contributed by atoms with Gasteiger partial charge in [-0.05, 0) is 75.0 Å². The molecule has 0 heterocycles. The van der Waals surface area contributed by atoms with E-state index < -0.39 is 0 Å². The summed E-state index contributed by atoms with van der Waals surface area (Å²) in [6.07, 6.45) is 28.2. The molecule has 0 N–H and O–H groups in total. The Kier molecular flexibility index (Phi) is 11.3. The van der Waals surface area contributed by atoms with Crippen LogP contribution >= 0.6 is 0 Å². The zero-order valence-electron chi connectivity index (χ0n) is 22.8. The van der Waals surface area contributed by atoms with Crippen molar-refractivity contribution in [1.82, 2.24) is 0 Å². The van der Waals surface area contributed by atoms with Crippen LogP contribution < -0.4 is 0 Å². The van der Waals surface area contributed by atoms with Crippen molar-refractivity contribution in [3.63, 3.8) is 0 Å². The molecule has 3 fully saturated rings. The lowest BCUT2D eigenvalue weighted by Crippen LogP contribution is -2.43. The fraction of sp³-hybridized carbons (Fsp3) is 0.938. The fourth-order valence-corrected chi connectivity index (χ4v) is 8.09. The summed E-state index contributed by atoms with van der Waals surface area (Å²) in [4.78, 5) is 0. The summed E-state index contributed by atoms with van der Waals surface area (Å²) < 4.78 is 0. The van der Waals surface area contributed by atoms with Crippen molar-refractivity contribution in [2.45, 2.75) is 155 Å². The molecule has 0 saturated heterocycles. The molecule has 0 amide bonds. The van der Waals surface area contributed by atoms with Crippen molar-refractivity contribution in [2.24, 2.45) is 34.5 Å². The van der Waals surface area contributed by atoms with E-state index in [9.17, 15) is 10.5 Å². The van der Waals surface area contributed by atoms with Gasteiger partial charge in [0.15, 0.2) is 0 Å². The number of rotatable bonds is 12. The second-order valence-corrected chi connectivity index (χ2v) is 12.7. The van der Waals surface area contributed by atoms with Gasteiger partial charge in [0.05, 0.1) is 23.0 Å². The highest BCUT2D eigenvalue weighted by molar-refractivity contribution is 5.14. The molecule has 34 heavy (non-hydrogen) atoms. The maximum Gasteiger partial charge on any atom is 0.0692 e. The molecule has 0 aromatic heterocycles. The van der Waals surface area contributed by atoms with Gasteiger partial charge in [0.2, 0.25) is 0 Å². The predicted molar refractivity (Wildman–Crippen MR) is 143 cm³/mol. The lowest BCUT2D eigenvalue weighted by atomic mass is 9.53. The minimum Gasteiger partial charge on any atom is -0.198 e. The van der Waals surface area contributed by atoms with E-state index in [1.165, 1.54) is 116 Å². The molecule has 0 spiro atoms. The Bertz CT molecular complexity index is 585. The SMILES string of the molecule is CCCCCCC1CCC([C@]2(C#N)CC[C@@](C#N)(C3CCC(CCCCCC)CC3)CC2)CC1. The molecule has 0 aromatic carbocycles. The molecule has 0 bridgehead atoms. The topological polar surface area (TPSA) is 47.6 Å². The van der Waals surface area contributed by atoms with Gasteiger partial charge in [0, 0.05) is 0 Å². The van der Waals surface area contributed by atoms with Crippen LogP contribution in [-0.2, 0) is 0 Å². The first-order valence-corrected chi connectivity index (χ1v) is 15.4. The minimum absolute atomic E-state index is 0.135. The molecule has 0 aliphatic heterocycles. The molecular weight excluding hydrogens is 412 g/mol. The monoisotopic (exact) mass is 466 g/mol. The average Bonchev–Trinajstić information content (AvgIpc) is 2.90. The highest BCUT2D eigenvalue weighted by Crippen LogP contribution is 2.57. The van der Waals surface area contributed by atoms with Gasteiger partial charge in [-0.3, -0.25) is 0 Å². The first-order valence-electron chi connectivity index (χ1n) is 15.4. The van der Waals surface area contributed by atoms with Gasteiger partial charge in [-0.1, -0.05) is 104 Å². The fourth-order valence-electron chi connectivity index (χ4n) is 8.09. The van der Waals surface area contributed by atoms with Crippen LogP contribution in [0.4, 0.5) is 0 Å². The van der Waals surface area contributed by atoms with Crippen LogP contribution in [0.5, 0.6) is 0 Å². The van der Waals surface area contributed by atoms with Gasteiger partial charge in [-0.2, -0.15) is 10.5 Å². The Morgan fingerprint density at radius 3 is 1.18 bits per heavy atom. The van der Waals surface area contributed by atoms with Gasteiger partial charge in [0.1, 0.15) is 0 Å². The molecule has 0 unspecified atom stereocenters. The summed E-state index contributed by atoms with van der Waals surface area (Å²) in [5.74, 6) is 2.98. The zero-order chi connectivity index (χ0) is 24.3. The third-order valence-corrected chi connectivity index (χ3v) is 10.7. The van der Waals surface area contributed by atoms with Crippen molar-refractivity contribution in [3.8, 4) is 12.1 Å². The summed E-state index contributed by atoms with van der Waals surface area (Å²) in [5.41, 5.74) is -0.270. The van der Waals surface area contributed by atoms with Crippen LogP contribution in [-0.4, -0.2) is 0 Å². The van der Waals surface area contributed by atoms with Crippen LogP contribution in [0.3, 0.4) is 0 Å². The predicted octanol–water partition coefficient (Wildman–Crippen LogP) is 10.1. The number of nitrogens with zero attached hydrogens (tertiary/aromatic N) is 2. The van der Waals surface area contributed by atoms with Crippen LogP contribution in [0.2, 0.25) is 0 Å². The molecule has 0 aromatic rings. The molecule has 3 rings (SSSR count). The molecule has 2 heteroatoms. The highest BCUT2D eigenvalue weighted by Gasteiger charge is 2.51. The molecule has 0 radical (unpaired) electrons. The van der Waals surface area contributed by atoms with Crippen LogP contribution in [0.25, 0.3) is 0 Å². The smallest absolute Gasteiger partial charge is 0.0692 e.